The molecule has 0 unspecified atom stereocenters. The van der Waals surface area contributed by atoms with Gasteiger partial charge < -0.3 is 24.3 Å². The fraction of sp³-hybridized carbons (Fsp3) is 0.375. The van der Waals surface area contributed by atoms with Crippen molar-refractivity contribution in [1.82, 2.24) is 14.8 Å². The van der Waals surface area contributed by atoms with E-state index in [9.17, 15) is 9.59 Å². The van der Waals surface area contributed by atoms with Crippen molar-refractivity contribution in [3.8, 4) is 5.75 Å². The molecule has 1 heterocycles. The highest BCUT2D eigenvalue weighted by Crippen LogP contribution is 2.20. The Labute approximate surface area is 150 Å². The Bertz CT molecular complexity index is 761. The molecule has 0 saturated carbocycles. The summed E-state index contributed by atoms with van der Waals surface area (Å²) in [4.78, 5) is 26.5. The third-order valence-corrected chi connectivity index (χ3v) is 3.11. The number of nitrogens with one attached hydrogen (secondary N) is 1. The van der Waals surface area contributed by atoms with Crippen molar-refractivity contribution in [2.45, 2.75) is 13.7 Å². The average molecular weight is 364 g/mol. The molecule has 0 fully saturated rings. The lowest BCUT2D eigenvalue weighted by Gasteiger charge is -2.09. The summed E-state index contributed by atoms with van der Waals surface area (Å²) >= 11 is 0. The number of aromatic nitrogens is 3. The monoisotopic (exact) mass is 364 g/mol. The van der Waals surface area contributed by atoms with Crippen LogP contribution in [-0.2, 0) is 25.7 Å². The second-order valence-electron chi connectivity index (χ2n) is 4.98. The van der Waals surface area contributed by atoms with Gasteiger partial charge in [-0.3, -0.25) is 4.79 Å². The van der Waals surface area contributed by atoms with Gasteiger partial charge in [-0.05, 0) is 12.1 Å². The molecule has 1 N–H and O–H groups in total. The maximum Gasteiger partial charge on any atom is 0.378 e. The van der Waals surface area contributed by atoms with E-state index < -0.39 is 5.97 Å². The maximum atomic E-state index is 11.7. The summed E-state index contributed by atoms with van der Waals surface area (Å²) in [5, 5.41) is 7.10. The first-order valence-electron chi connectivity index (χ1n) is 7.69. The molecule has 1 aromatic heterocycles. The number of ether oxygens (including phenoxy) is 4. The van der Waals surface area contributed by atoms with E-state index in [1.54, 1.807) is 31.4 Å². The Hall–Kier alpha value is -3.14. The lowest BCUT2D eigenvalue weighted by molar-refractivity contribution is -0.142. The minimum Gasteiger partial charge on any atom is -0.497 e. The topological polar surface area (TPSA) is 114 Å². The van der Waals surface area contributed by atoms with Crippen molar-refractivity contribution >= 4 is 23.6 Å². The molecule has 0 saturated heterocycles. The molecule has 0 aliphatic rings. The van der Waals surface area contributed by atoms with Gasteiger partial charge in [0.1, 0.15) is 19.1 Å². The Kier molecular flexibility index (Phi) is 6.92. The molecule has 2 aromatic rings. The summed E-state index contributed by atoms with van der Waals surface area (Å²) in [6.45, 7) is 1.60. The Morgan fingerprint density at radius 2 is 2.04 bits per heavy atom. The van der Waals surface area contributed by atoms with Crippen LogP contribution in [-0.4, -0.2) is 54.1 Å². The largest absolute Gasteiger partial charge is 0.497 e. The number of nitrogens with zero attached hydrogens (tertiary/aromatic N) is 3. The number of anilines is 2. The van der Waals surface area contributed by atoms with Crippen LogP contribution in [0.4, 0.5) is 11.6 Å². The lowest BCUT2D eigenvalue weighted by Crippen LogP contribution is -2.13. The van der Waals surface area contributed by atoms with Crippen molar-refractivity contribution < 1.29 is 28.5 Å². The highest BCUT2D eigenvalue weighted by molar-refractivity contribution is 5.85. The zero-order chi connectivity index (χ0) is 18.9. The number of methoxy groups -OCH3 is 2. The SMILES string of the molecule is COC(=O)c1nc(Nc2cccc(OC)c2)n(COCCOC(C)=O)n1. The highest BCUT2D eigenvalue weighted by Gasteiger charge is 2.17. The zero-order valence-corrected chi connectivity index (χ0v) is 14.7. The van der Waals surface area contributed by atoms with Gasteiger partial charge in [0.25, 0.3) is 5.82 Å². The van der Waals surface area contributed by atoms with Crippen LogP contribution < -0.4 is 10.1 Å². The van der Waals surface area contributed by atoms with Crippen molar-refractivity contribution in [1.29, 1.82) is 0 Å². The number of hydrogen-bond donors (Lipinski definition) is 1. The predicted molar refractivity (Wildman–Crippen MR) is 90.2 cm³/mol. The standard InChI is InChI=1S/C16H20N4O6/c1-11(21)26-8-7-25-10-20-16(18-14(19-20)15(22)24-3)17-12-5-4-6-13(9-12)23-2/h4-6,9H,7-8,10H2,1-3H3,(H,17,18,19). The predicted octanol–water partition coefficient (Wildman–Crippen LogP) is 1.35. The first-order valence-corrected chi connectivity index (χ1v) is 7.69. The molecule has 0 spiro atoms. The van der Waals surface area contributed by atoms with Gasteiger partial charge in [-0.15, -0.1) is 5.10 Å². The molecule has 10 heteroatoms. The fourth-order valence-corrected chi connectivity index (χ4v) is 1.93. The summed E-state index contributed by atoms with van der Waals surface area (Å²) in [5.41, 5.74) is 0.689. The third kappa shape index (κ3) is 5.45. The first-order chi connectivity index (χ1) is 12.5. The van der Waals surface area contributed by atoms with E-state index in [4.69, 9.17) is 14.2 Å². The van der Waals surface area contributed by atoms with E-state index in [-0.39, 0.29) is 37.7 Å². The van der Waals surface area contributed by atoms with E-state index in [2.05, 4.69) is 20.1 Å². The van der Waals surface area contributed by atoms with Crippen LogP contribution >= 0.6 is 0 Å². The molecule has 2 rings (SSSR count). The average Bonchev–Trinajstić information content (AvgIpc) is 3.03. The van der Waals surface area contributed by atoms with Gasteiger partial charge in [0.05, 0.1) is 20.8 Å². The molecule has 0 aliphatic heterocycles. The Balaban J connectivity index is 2.10. The smallest absolute Gasteiger partial charge is 0.378 e. The number of hydrogen-bond acceptors (Lipinski definition) is 9. The lowest BCUT2D eigenvalue weighted by atomic mass is 10.3. The van der Waals surface area contributed by atoms with E-state index >= 15 is 0 Å². The number of carbonyl (C=O) groups is 2. The molecular formula is C16H20N4O6. The number of rotatable bonds is 9. The maximum absolute atomic E-state index is 11.7. The minimum atomic E-state index is -0.669. The van der Waals surface area contributed by atoms with Crippen LogP contribution in [0.1, 0.15) is 17.5 Å². The van der Waals surface area contributed by atoms with Crippen molar-refractivity contribution in [3.05, 3.63) is 30.1 Å². The molecule has 0 bridgehead atoms. The van der Waals surface area contributed by atoms with E-state index in [0.29, 0.717) is 11.4 Å². The molecule has 140 valence electrons. The quantitative estimate of drug-likeness (QED) is 0.520. The summed E-state index contributed by atoms with van der Waals surface area (Å²) in [6.07, 6.45) is 0. The number of carbonyl (C=O) groups excluding carboxylic acids is 2. The van der Waals surface area contributed by atoms with Crippen molar-refractivity contribution in [2.75, 3.05) is 32.8 Å². The van der Waals surface area contributed by atoms with Crippen LogP contribution in [0.25, 0.3) is 0 Å². The molecule has 0 aliphatic carbocycles. The molecule has 10 nitrogen and oxygen atoms in total. The molecule has 0 amide bonds. The zero-order valence-electron chi connectivity index (χ0n) is 14.7. The second-order valence-corrected chi connectivity index (χ2v) is 4.98. The van der Waals surface area contributed by atoms with Gasteiger partial charge in [0.15, 0.2) is 0 Å². The summed E-state index contributed by atoms with van der Waals surface area (Å²) in [6, 6.07) is 7.17. The van der Waals surface area contributed by atoms with Gasteiger partial charge in [-0.25, -0.2) is 9.48 Å². The number of esters is 2. The van der Waals surface area contributed by atoms with Crippen molar-refractivity contribution in [3.63, 3.8) is 0 Å². The Morgan fingerprint density at radius 3 is 2.73 bits per heavy atom. The van der Waals surface area contributed by atoms with Crippen LogP contribution in [0.15, 0.2) is 24.3 Å². The third-order valence-electron chi connectivity index (χ3n) is 3.11. The van der Waals surface area contributed by atoms with Crippen LogP contribution in [0.3, 0.4) is 0 Å². The van der Waals surface area contributed by atoms with Crippen LogP contribution in [0, 0.1) is 0 Å². The molecule has 0 atom stereocenters. The highest BCUT2D eigenvalue weighted by atomic mass is 16.6. The van der Waals surface area contributed by atoms with Crippen LogP contribution in [0.5, 0.6) is 5.75 Å². The van der Waals surface area contributed by atoms with Gasteiger partial charge >= 0.3 is 11.9 Å². The van der Waals surface area contributed by atoms with Crippen molar-refractivity contribution in [2.24, 2.45) is 0 Å². The summed E-state index contributed by atoms with van der Waals surface area (Å²) < 4.78 is 21.3. The van der Waals surface area contributed by atoms with Gasteiger partial charge in [0.2, 0.25) is 5.95 Å². The molecule has 1 aromatic carbocycles. The van der Waals surface area contributed by atoms with E-state index in [1.807, 2.05) is 0 Å². The Morgan fingerprint density at radius 1 is 1.23 bits per heavy atom. The molecule has 0 radical (unpaired) electrons. The molecular weight excluding hydrogens is 344 g/mol. The fourth-order valence-electron chi connectivity index (χ4n) is 1.93. The summed E-state index contributed by atoms with van der Waals surface area (Å²) in [5.74, 6) is -0.223. The van der Waals surface area contributed by atoms with Gasteiger partial charge in [0, 0.05) is 18.7 Å². The minimum absolute atomic E-state index is 0.00242. The normalized spacial score (nSPS) is 10.3. The number of benzene rings is 1. The molecule has 26 heavy (non-hydrogen) atoms. The van der Waals surface area contributed by atoms with E-state index in [1.165, 1.54) is 18.7 Å². The van der Waals surface area contributed by atoms with E-state index in [0.717, 1.165) is 0 Å². The summed E-state index contributed by atoms with van der Waals surface area (Å²) in [7, 11) is 2.81. The van der Waals surface area contributed by atoms with Gasteiger partial charge in [-0.2, -0.15) is 4.98 Å². The first kappa shape index (κ1) is 19.2. The van der Waals surface area contributed by atoms with Crippen LogP contribution in [0.2, 0.25) is 0 Å². The van der Waals surface area contributed by atoms with Gasteiger partial charge in [-0.1, -0.05) is 6.07 Å². The second kappa shape index (κ2) is 9.37.